The zero-order chi connectivity index (χ0) is 20.1. The zero-order valence-electron chi connectivity index (χ0n) is 17.4. The van der Waals surface area contributed by atoms with Crippen molar-refractivity contribution >= 4 is 11.7 Å². The fourth-order valence-corrected chi connectivity index (χ4v) is 5.14. The molecule has 0 aliphatic carbocycles. The summed E-state index contributed by atoms with van der Waals surface area (Å²) in [5, 5.41) is 5.90. The van der Waals surface area contributed by atoms with Gasteiger partial charge in [-0.25, -0.2) is 4.79 Å². The SMILES string of the molecule is Cc1ccc(NC(=O)NCCCN2C3CCC2CC(Cc2ccccc2)C3)cc1. The molecule has 2 N–H and O–H groups in total. The summed E-state index contributed by atoms with van der Waals surface area (Å²) in [6, 6.07) is 20.2. The van der Waals surface area contributed by atoms with E-state index < -0.39 is 0 Å². The van der Waals surface area contributed by atoms with Gasteiger partial charge in [0.15, 0.2) is 0 Å². The molecule has 2 amide bonds. The van der Waals surface area contributed by atoms with Gasteiger partial charge in [0.1, 0.15) is 0 Å². The molecule has 2 atom stereocenters. The Morgan fingerprint density at radius 2 is 1.69 bits per heavy atom. The van der Waals surface area contributed by atoms with Gasteiger partial charge in [0.2, 0.25) is 0 Å². The van der Waals surface area contributed by atoms with E-state index in [4.69, 9.17) is 0 Å². The average Bonchev–Trinajstić information content (AvgIpc) is 2.96. The number of carbonyl (C=O) groups is 1. The maximum Gasteiger partial charge on any atom is 0.319 e. The molecule has 4 heteroatoms. The van der Waals surface area contributed by atoms with Gasteiger partial charge in [-0.15, -0.1) is 0 Å². The highest BCUT2D eigenvalue weighted by Gasteiger charge is 2.39. The van der Waals surface area contributed by atoms with Crippen LogP contribution in [-0.4, -0.2) is 36.1 Å². The summed E-state index contributed by atoms with van der Waals surface area (Å²) in [4.78, 5) is 14.8. The van der Waals surface area contributed by atoms with Gasteiger partial charge in [-0.3, -0.25) is 4.90 Å². The summed E-state index contributed by atoms with van der Waals surface area (Å²) in [7, 11) is 0. The molecule has 0 spiro atoms. The summed E-state index contributed by atoms with van der Waals surface area (Å²) in [5.74, 6) is 0.824. The largest absolute Gasteiger partial charge is 0.338 e. The molecule has 2 fully saturated rings. The summed E-state index contributed by atoms with van der Waals surface area (Å²) < 4.78 is 0. The first kappa shape index (κ1) is 20.0. The number of hydrogen-bond acceptors (Lipinski definition) is 2. The molecule has 2 aliphatic rings. The fourth-order valence-electron chi connectivity index (χ4n) is 5.14. The Hall–Kier alpha value is -2.33. The maximum absolute atomic E-state index is 12.1. The zero-order valence-corrected chi connectivity index (χ0v) is 17.4. The molecule has 4 rings (SSSR count). The molecule has 0 aromatic heterocycles. The highest BCUT2D eigenvalue weighted by molar-refractivity contribution is 5.89. The van der Waals surface area contributed by atoms with Gasteiger partial charge >= 0.3 is 6.03 Å². The van der Waals surface area contributed by atoms with Crippen LogP contribution in [0.25, 0.3) is 0 Å². The highest BCUT2D eigenvalue weighted by Crippen LogP contribution is 2.39. The van der Waals surface area contributed by atoms with Crippen LogP contribution in [-0.2, 0) is 6.42 Å². The van der Waals surface area contributed by atoms with E-state index in [-0.39, 0.29) is 6.03 Å². The number of aryl methyl sites for hydroxylation is 1. The Kier molecular flexibility index (Phi) is 6.50. The molecule has 2 saturated heterocycles. The Morgan fingerprint density at radius 1 is 1.00 bits per heavy atom. The second-order valence-corrected chi connectivity index (χ2v) is 8.75. The maximum atomic E-state index is 12.1. The van der Waals surface area contributed by atoms with E-state index in [1.54, 1.807) is 0 Å². The predicted molar refractivity (Wildman–Crippen MR) is 119 cm³/mol. The van der Waals surface area contributed by atoms with Crippen molar-refractivity contribution in [2.75, 3.05) is 18.4 Å². The molecular formula is C25H33N3O. The third kappa shape index (κ3) is 5.39. The van der Waals surface area contributed by atoms with Crippen LogP contribution in [0.3, 0.4) is 0 Å². The molecule has 2 heterocycles. The van der Waals surface area contributed by atoms with E-state index in [2.05, 4.69) is 45.9 Å². The first-order chi connectivity index (χ1) is 14.2. The molecule has 2 aliphatic heterocycles. The third-order valence-electron chi connectivity index (χ3n) is 6.54. The number of urea groups is 1. The predicted octanol–water partition coefficient (Wildman–Crippen LogP) is 4.99. The second-order valence-electron chi connectivity index (χ2n) is 8.75. The van der Waals surface area contributed by atoms with E-state index in [0.29, 0.717) is 0 Å². The first-order valence-corrected chi connectivity index (χ1v) is 11.1. The number of nitrogens with one attached hydrogen (secondary N) is 2. The van der Waals surface area contributed by atoms with Gasteiger partial charge in [0.05, 0.1) is 0 Å². The first-order valence-electron chi connectivity index (χ1n) is 11.1. The number of benzene rings is 2. The standard InChI is InChI=1S/C25H33N3O/c1-19-8-10-22(11-9-19)27-25(29)26-14-5-15-28-23-12-13-24(28)18-21(17-23)16-20-6-3-2-4-7-20/h2-4,6-11,21,23-24H,5,12-18H2,1H3,(H2,26,27,29). The molecule has 2 aromatic rings. The summed E-state index contributed by atoms with van der Waals surface area (Å²) >= 11 is 0. The van der Waals surface area contributed by atoms with E-state index in [1.165, 1.54) is 43.2 Å². The van der Waals surface area contributed by atoms with Gasteiger partial charge in [0, 0.05) is 30.9 Å². The second kappa shape index (κ2) is 9.45. The monoisotopic (exact) mass is 391 g/mol. The molecule has 2 unspecified atom stereocenters. The Bertz CT molecular complexity index is 775. The van der Waals surface area contributed by atoms with Crippen LogP contribution in [0.4, 0.5) is 10.5 Å². The van der Waals surface area contributed by atoms with Crippen LogP contribution in [0.5, 0.6) is 0 Å². The smallest absolute Gasteiger partial charge is 0.319 e. The van der Waals surface area contributed by atoms with Crippen molar-refractivity contribution in [2.24, 2.45) is 5.92 Å². The van der Waals surface area contributed by atoms with Gasteiger partial charge in [0.25, 0.3) is 0 Å². The molecule has 154 valence electrons. The van der Waals surface area contributed by atoms with Crippen LogP contribution < -0.4 is 10.6 Å². The van der Waals surface area contributed by atoms with Crippen LogP contribution in [0, 0.1) is 12.8 Å². The molecule has 4 nitrogen and oxygen atoms in total. The molecule has 0 radical (unpaired) electrons. The van der Waals surface area contributed by atoms with Crippen molar-refractivity contribution in [1.29, 1.82) is 0 Å². The lowest BCUT2D eigenvalue weighted by molar-refractivity contribution is 0.103. The summed E-state index contributed by atoms with van der Waals surface area (Å²) in [5.41, 5.74) is 3.51. The number of nitrogens with zero attached hydrogens (tertiary/aromatic N) is 1. The molecule has 2 aromatic carbocycles. The molecular weight excluding hydrogens is 358 g/mol. The Morgan fingerprint density at radius 3 is 2.38 bits per heavy atom. The lowest BCUT2D eigenvalue weighted by Crippen LogP contribution is -2.44. The third-order valence-corrected chi connectivity index (χ3v) is 6.54. The highest BCUT2D eigenvalue weighted by atomic mass is 16.2. The van der Waals surface area contributed by atoms with Crippen molar-refractivity contribution in [3.05, 3.63) is 65.7 Å². The minimum atomic E-state index is -0.113. The Balaban J connectivity index is 1.17. The van der Waals surface area contributed by atoms with Gasteiger partial charge in [-0.05, 0) is 69.1 Å². The minimum absolute atomic E-state index is 0.113. The Labute approximate surface area is 174 Å². The number of amides is 2. The van der Waals surface area contributed by atoms with Crippen molar-refractivity contribution < 1.29 is 4.79 Å². The number of hydrogen-bond donors (Lipinski definition) is 2. The number of carbonyl (C=O) groups excluding carboxylic acids is 1. The van der Waals surface area contributed by atoms with Crippen LogP contribution in [0.1, 0.15) is 43.2 Å². The van der Waals surface area contributed by atoms with E-state index >= 15 is 0 Å². The van der Waals surface area contributed by atoms with E-state index in [9.17, 15) is 4.79 Å². The van der Waals surface area contributed by atoms with Crippen molar-refractivity contribution in [3.8, 4) is 0 Å². The van der Waals surface area contributed by atoms with Crippen molar-refractivity contribution in [2.45, 2.75) is 57.5 Å². The van der Waals surface area contributed by atoms with Crippen LogP contribution >= 0.6 is 0 Å². The van der Waals surface area contributed by atoms with Crippen LogP contribution in [0.15, 0.2) is 54.6 Å². The fraction of sp³-hybridized carbons (Fsp3) is 0.480. The molecule has 2 bridgehead atoms. The van der Waals surface area contributed by atoms with Gasteiger partial charge in [-0.1, -0.05) is 48.0 Å². The minimum Gasteiger partial charge on any atom is -0.338 e. The summed E-state index contributed by atoms with van der Waals surface area (Å²) in [6.07, 6.45) is 7.58. The number of fused-ring (bicyclic) bond motifs is 2. The van der Waals surface area contributed by atoms with Gasteiger partial charge in [-0.2, -0.15) is 0 Å². The lowest BCUT2D eigenvalue weighted by Gasteiger charge is -2.39. The van der Waals surface area contributed by atoms with Crippen molar-refractivity contribution in [3.63, 3.8) is 0 Å². The number of rotatable bonds is 7. The van der Waals surface area contributed by atoms with E-state index in [0.717, 1.165) is 43.2 Å². The topological polar surface area (TPSA) is 44.4 Å². The quantitative estimate of drug-likeness (QED) is 0.653. The molecule has 29 heavy (non-hydrogen) atoms. The van der Waals surface area contributed by atoms with Crippen molar-refractivity contribution in [1.82, 2.24) is 10.2 Å². The lowest BCUT2D eigenvalue weighted by atomic mass is 9.86. The summed E-state index contributed by atoms with van der Waals surface area (Å²) in [6.45, 7) is 3.86. The van der Waals surface area contributed by atoms with E-state index in [1.807, 2.05) is 31.2 Å². The van der Waals surface area contributed by atoms with Crippen LogP contribution in [0.2, 0.25) is 0 Å². The normalized spacial score (nSPS) is 23.7. The number of piperidine rings is 1. The molecule has 0 saturated carbocycles. The average molecular weight is 392 g/mol. The number of anilines is 1. The van der Waals surface area contributed by atoms with Gasteiger partial charge < -0.3 is 10.6 Å².